The molecule has 9 aromatic carbocycles. The van der Waals surface area contributed by atoms with Crippen LogP contribution in [-0.4, -0.2) is 42.5 Å². The standard InChI is InChI=1S/C57H47NO3Si2/c1-59-54-36-41(37-55(60-2)57(54)61-3)50-39-49(63(45-28-16-7-17-29-45,46-30-18-8-19-31-46)47-32-20-9-21-33-47)40-52-51-38-48(34-35-53(51)58-56(50)52)62(42-22-10-4-11-23-42,43-24-12-5-13-25-43)44-26-14-6-15-27-44/h4-40,58H,1-3H3. The fraction of sp³-hybridized carbons (Fsp3) is 0.0526. The van der Waals surface area contributed by atoms with E-state index in [0.29, 0.717) is 17.2 Å². The normalized spacial score (nSPS) is 11.7. The molecule has 1 aromatic heterocycles. The van der Waals surface area contributed by atoms with Crippen LogP contribution in [0, 0.1) is 0 Å². The fourth-order valence-corrected chi connectivity index (χ4v) is 19.6. The van der Waals surface area contributed by atoms with Gasteiger partial charge < -0.3 is 19.2 Å². The number of rotatable bonds is 12. The number of ether oxygens (including phenoxy) is 3. The van der Waals surface area contributed by atoms with Crippen LogP contribution >= 0.6 is 0 Å². The molecule has 0 saturated heterocycles. The van der Waals surface area contributed by atoms with Gasteiger partial charge >= 0.3 is 0 Å². The summed E-state index contributed by atoms with van der Waals surface area (Å²) >= 11 is 0. The Morgan fingerprint density at radius 1 is 0.333 bits per heavy atom. The summed E-state index contributed by atoms with van der Waals surface area (Å²) in [6, 6.07) is 83.0. The molecule has 0 aliphatic carbocycles. The number of hydrogen-bond acceptors (Lipinski definition) is 3. The number of aromatic amines is 1. The van der Waals surface area contributed by atoms with Gasteiger partial charge in [-0.05, 0) is 65.3 Å². The minimum absolute atomic E-state index is 0.558. The maximum atomic E-state index is 5.99. The van der Waals surface area contributed by atoms with Crippen LogP contribution in [0.15, 0.2) is 224 Å². The minimum Gasteiger partial charge on any atom is -0.493 e. The van der Waals surface area contributed by atoms with Crippen molar-refractivity contribution in [3.8, 4) is 28.4 Å². The van der Waals surface area contributed by atoms with Gasteiger partial charge in [0.25, 0.3) is 0 Å². The molecular weight excluding hydrogens is 803 g/mol. The van der Waals surface area contributed by atoms with Gasteiger partial charge in [-0.15, -0.1) is 0 Å². The van der Waals surface area contributed by atoms with Crippen LogP contribution in [0.2, 0.25) is 0 Å². The van der Waals surface area contributed by atoms with E-state index in [1.807, 2.05) is 0 Å². The van der Waals surface area contributed by atoms with Gasteiger partial charge in [0.2, 0.25) is 5.75 Å². The molecule has 10 aromatic rings. The van der Waals surface area contributed by atoms with Crippen molar-refractivity contribution in [1.82, 2.24) is 4.98 Å². The topological polar surface area (TPSA) is 43.5 Å². The van der Waals surface area contributed by atoms with Crippen LogP contribution in [0.1, 0.15) is 0 Å². The molecule has 0 spiro atoms. The summed E-state index contributed by atoms with van der Waals surface area (Å²) in [7, 11) is -0.848. The van der Waals surface area contributed by atoms with E-state index in [1.54, 1.807) is 21.3 Å². The first-order valence-electron chi connectivity index (χ1n) is 21.3. The highest BCUT2D eigenvalue weighted by molar-refractivity contribution is 7.20. The number of H-pyrrole nitrogens is 1. The van der Waals surface area contributed by atoms with Gasteiger partial charge in [-0.25, -0.2) is 0 Å². The van der Waals surface area contributed by atoms with E-state index in [9.17, 15) is 0 Å². The summed E-state index contributed by atoms with van der Waals surface area (Å²) in [5.74, 6) is 1.76. The van der Waals surface area contributed by atoms with E-state index < -0.39 is 16.1 Å². The van der Waals surface area contributed by atoms with Crippen molar-refractivity contribution in [3.63, 3.8) is 0 Å². The predicted molar refractivity (Wildman–Crippen MR) is 268 cm³/mol. The molecule has 0 radical (unpaired) electrons. The third-order valence-corrected chi connectivity index (χ3v) is 22.3. The van der Waals surface area contributed by atoms with Crippen molar-refractivity contribution in [2.75, 3.05) is 21.3 Å². The second-order valence-electron chi connectivity index (χ2n) is 15.9. The molecule has 63 heavy (non-hydrogen) atoms. The van der Waals surface area contributed by atoms with Gasteiger partial charge in [-0.2, -0.15) is 0 Å². The van der Waals surface area contributed by atoms with Crippen LogP contribution in [0.5, 0.6) is 17.2 Å². The van der Waals surface area contributed by atoms with E-state index in [1.165, 1.54) is 46.9 Å². The third-order valence-electron chi connectivity index (χ3n) is 12.8. The zero-order chi connectivity index (χ0) is 42.8. The first-order valence-corrected chi connectivity index (χ1v) is 25.3. The number of benzene rings is 9. The van der Waals surface area contributed by atoms with Crippen LogP contribution in [0.3, 0.4) is 0 Å². The van der Waals surface area contributed by atoms with Gasteiger partial charge in [-0.1, -0.05) is 206 Å². The summed E-state index contributed by atoms with van der Waals surface area (Å²) in [6.07, 6.45) is 0. The molecular formula is C57H47NO3Si2. The van der Waals surface area contributed by atoms with E-state index >= 15 is 0 Å². The van der Waals surface area contributed by atoms with E-state index in [4.69, 9.17) is 14.2 Å². The monoisotopic (exact) mass is 849 g/mol. The highest BCUT2D eigenvalue weighted by atomic mass is 28.3. The molecule has 0 unspecified atom stereocenters. The first kappa shape index (κ1) is 39.7. The number of fused-ring (bicyclic) bond motifs is 3. The average molecular weight is 850 g/mol. The number of methoxy groups -OCH3 is 3. The van der Waals surface area contributed by atoms with Crippen molar-refractivity contribution < 1.29 is 14.2 Å². The molecule has 0 amide bonds. The SMILES string of the molecule is COc1cc(-c2cc([Si](c3ccccc3)(c3ccccc3)c3ccccc3)cc3c2[nH]c2ccc([Si](c4ccccc4)(c4ccccc4)c4ccccc4)cc23)cc(OC)c1OC. The van der Waals surface area contributed by atoms with E-state index in [-0.39, 0.29) is 0 Å². The molecule has 0 fully saturated rings. The highest BCUT2D eigenvalue weighted by Gasteiger charge is 2.43. The van der Waals surface area contributed by atoms with Gasteiger partial charge in [0.1, 0.15) is 0 Å². The lowest BCUT2D eigenvalue weighted by atomic mass is 10.0. The number of hydrogen-bond donors (Lipinski definition) is 1. The summed E-state index contributed by atoms with van der Waals surface area (Å²) in [6.45, 7) is 0. The Labute approximate surface area is 371 Å². The summed E-state index contributed by atoms with van der Waals surface area (Å²) in [4.78, 5) is 3.96. The van der Waals surface area contributed by atoms with Crippen LogP contribution < -0.4 is 55.7 Å². The molecule has 0 bridgehead atoms. The zero-order valence-corrected chi connectivity index (χ0v) is 37.6. The van der Waals surface area contributed by atoms with Gasteiger partial charge in [-0.3, -0.25) is 0 Å². The Balaban J connectivity index is 1.37. The lowest BCUT2D eigenvalue weighted by Gasteiger charge is -2.35. The van der Waals surface area contributed by atoms with Crippen molar-refractivity contribution in [2.24, 2.45) is 0 Å². The maximum Gasteiger partial charge on any atom is 0.203 e. The Bertz CT molecular complexity index is 2940. The van der Waals surface area contributed by atoms with Crippen molar-refractivity contribution >= 4 is 79.4 Å². The molecule has 1 heterocycles. The van der Waals surface area contributed by atoms with Gasteiger partial charge in [0.15, 0.2) is 27.6 Å². The van der Waals surface area contributed by atoms with Crippen LogP contribution in [0.4, 0.5) is 0 Å². The molecule has 4 nitrogen and oxygen atoms in total. The zero-order valence-electron chi connectivity index (χ0n) is 35.6. The fourth-order valence-electron chi connectivity index (χ4n) is 10.0. The molecule has 0 aliphatic heterocycles. The quantitative estimate of drug-likeness (QED) is 0.101. The van der Waals surface area contributed by atoms with E-state index in [2.05, 4.69) is 229 Å². The first-order chi connectivity index (χ1) is 31.1. The molecule has 1 N–H and O–H groups in total. The largest absolute Gasteiger partial charge is 0.493 e. The third kappa shape index (κ3) is 6.58. The van der Waals surface area contributed by atoms with Crippen molar-refractivity contribution in [3.05, 3.63) is 224 Å². The average Bonchev–Trinajstić information content (AvgIpc) is 3.74. The lowest BCUT2D eigenvalue weighted by molar-refractivity contribution is 0.324. The molecule has 6 heteroatoms. The summed E-state index contributed by atoms with van der Waals surface area (Å²) in [5.41, 5.74) is 4.13. The Morgan fingerprint density at radius 2 is 0.698 bits per heavy atom. The molecule has 0 saturated carbocycles. The summed E-state index contributed by atoms with van der Waals surface area (Å²) < 4.78 is 17.8. The Morgan fingerprint density at radius 3 is 1.06 bits per heavy atom. The van der Waals surface area contributed by atoms with Gasteiger partial charge in [0.05, 0.1) is 26.8 Å². The number of nitrogens with one attached hydrogen (secondary N) is 1. The number of aromatic nitrogens is 1. The van der Waals surface area contributed by atoms with Crippen LogP contribution in [-0.2, 0) is 0 Å². The lowest BCUT2D eigenvalue weighted by Crippen LogP contribution is -2.74. The Kier molecular flexibility index (Phi) is 10.6. The Hall–Kier alpha value is -7.39. The van der Waals surface area contributed by atoms with E-state index in [0.717, 1.165) is 27.5 Å². The maximum absolute atomic E-state index is 5.99. The summed E-state index contributed by atoms with van der Waals surface area (Å²) in [5, 5.41) is 12.9. The molecule has 10 rings (SSSR count). The highest BCUT2D eigenvalue weighted by Crippen LogP contribution is 2.43. The van der Waals surface area contributed by atoms with Crippen molar-refractivity contribution in [2.45, 2.75) is 0 Å². The second kappa shape index (κ2) is 16.8. The molecule has 306 valence electrons. The molecule has 0 atom stereocenters. The minimum atomic E-state index is -3.00. The van der Waals surface area contributed by atoms with Gasteiger partial charge in [0, 0.05) is 21.9 Å². The predicted octanol–water partition coefficient (Wildman–Crippen LogP) is 7.77. The second-order valence-corrected chi connectivity index (χ2v) is 23.6. The molecule has 0 aliphatic rings. The van der Waals surface area contributed by atoms with Crippen molar-refractivity contribution in [1.29, 1.82) is 0 Å². The van der Waals surface area contributed by atoms with Crippen LogP contribution in [0.25, 0.3) is 32.9 Å². The smallest absolute Gasteiger partial charge is 0.203 e.